The highest BCUT2D eigenvalue weighted by Gasteiger charge is 2.20. The Hall–Kier alpha value is -2.28. The number of hydrogen-bond acceptors (Lipinski definition) is 4. The highest BCUT2D eigenvalue weighted by atomic mass is 35.5. The van der Waals surface area contributed by atoms with Crippen LogP contribution in [0.25, 0.3) is 0 Å². The number of ether oxygens (including phenoxy) is 1. The minimum absolute atomic E-state index is 0.0635. The molecule has 0 fully saturated rings. The van der Waals surface area contributed by atoms with E-state index >= 15 is 0 Å². The van der Waals surface area contributed by atoms with E-state index in [0.29, 0.717) is 17.1 Å². The first kappa shape index (κ1) is 18.8. The number of hydrogen-bond donors (Lipinski definition) is 1. The van der Waals surface area contributed by atoms with Crippen LogP contribution >= 0.6 is 11.6 Å². The minimum atomic E-state index is -0.823. The predicted molar refractivity (Wildman–Crippen MR) is 87.4 cm³/mol. The number of urea groups is 1. The topological polar surface area (TPSA) is 79.0 Å². The van der Waals surface area contributed by atoms with Gasteiger partial charge in [-0.2, -0.15) is 0 Å². The van der Waals surface area contributed by atoms with Crippen molar-refractivity contribution in [3.8, 4) is 0 Å². The van der Waals surface area contributed by atoms with Gasteiger partial charge in [0.05, 0.1) is 17.3 Å². The average Bonchev–Trinajstić information content (AvgIpc) is 2.50. The third-order valence-corrected chi connectivity index (χ3v) is 3.19. The highest BCUT2D eigenvalue weighted by molar-refractivity contribution is 6.33. The molecule has 1 aromatic carbocycles. The Morgan fingerprint density at radius 2 is 1.91 bits per heavy atom. The van der Waals surface area contributed by atoms with Gasteiger partial charge >= 0.3 is 12.1 Å². The summed E-state index contributed by atoms with van der Waals surface area (Å²) >= 11 is 6.08. The number of alkyl carbamates (subject to hydrolysis) is 1. The van der Waals surface area contributed by atoms with Crippen molar-refractivity contribution in [2.75, 3.05) is 25.2 Å². The van der Waals surface area contributed by atoms with Crippen molar-refractivity contribution in [3.63, 3.8) is 0 Å². The van der Waals surface area contributed by atoms with Gasteiger partial charge in [0.2, 0.25) is 5.91 Å². The van der Waals surface area contributed by atoms with E-state index in [9.17, 15) is 14.4 Å². The molecular formula is C15H20ClN3O4. The lowest BCUT2D eigenvalue weighted by atomic mass is 10.3. The fourth-order valence-electron chi connectivity index (χ4n) is 1.71. The number of amides is 4. The quantitative estimate of drug-likeness (QED) is 0.835. The van der Waals surface area contributed by atoms with Crippen LogP contribution in [0.15, 0.2) is 24.3 Å². The second-order valence-electron chi connectivity index (χ2n) is 4.80. The van der Waals surface area contributed by atoms with Gasteiger partial charge in [0.1, 0.15) is 6.67 Å². The molecule has 0 aromatic heterocycles. The molecule has 0 saturated carbocycles. The summed E-state index contributed by atoms with van der Waals surface area (Å²) in [5, 5.41) is 2.47. The van der Waals surface area contributed by atoms with E-state index < -0.39 is 12.1 Å². The molecule has 0 heterocycles. The molecule has 0 unspecified atom stereocenters. The van der Waals surface area contributed by atoms with Crippen LogP contribution in [0, 0.1) is 0 Å². The van der Waals surface area contributed by atoms with Gasteiger partial charge in [0.15, 0.2) is 0 Å². The molecule has 0 aliphatic rings. The third kappa shape index (κ3) is 5.78. The first-order valence-corrected chi connectivity index (χ1v) is 7.46. The number of benzene rings is 1. The van der Waals surface area contributed by atoms with Crippen molar-refractivity contribution in [2.24, 2.45) is 0 Å². The Bertz CT molecular complexity index is 580. The van der Waals surface area contributed by atoms with Crippen molar-refractivity contribution in [1.82, 2.24) is 10.2 Å². The van der Waals surface area contributed by atoms with Crippen LogP contribution in [0.4, 0.5) is 15.3 Å². The molecule has 1 rings (SSSR count). The monoisotopic (exact) mass is 341 g/mol. The Morgan fingerprint density at radius 3 is 2.48 bits per heavy atom. The third-order valence-electron chi connectivity index (χ3n) is 2.87. The Kier molecular flexibility index (Phi) is 7.34. The molecule has 0 aliphatic heterocycles. The van der Waals surface area contributed by atoms with Crippen LogP contribution in [0.3, 0.4) is 0 Å². The summed E-state index contributed by atoms with van der Waals surface area (Å²) in [6.45, 7) is 3.37. The maximum Gasteiger partial charge on any atom is 0.415 e. The van der Waals surface area contributed by atoms with Crippen molar-refractivity contribution in [2.45, 2.75) is 20.3 Å². The highest BCUT2D eigenvalue weighted by Crippen LogP contribution is 2.25. The molecule has 0 saturated heterocycles. The largest absolute Gasteiger partial charge is 0.449 e. The molecule has 23 heavy (non-hydrogen) atoms. The van der Waals surface area contributed by atoms with Crippen LogP contribution in [-0.4, -0.2) is 43.3 Å². The Balaban J connectivity index is 2.73. The smallest absolute Gasteiger partial charge is 0.415 e. The number of imide groups is 1. The molecule has 0 spiro atoms. The molecule has 4 amide bonds. The Morgan fingerprint density at radius 1 is 1.26 bits per heavy atom. The van der Waals surface area contributed by atoms with E-state index in [1.807, 2.05) is 6.92 Å². The van der Waals surface area contributed by atoms with E-state index in [4.69, 9.17) is 16.3 Å². The molecule has 1 aromatic rings. The lowest BCUT2D eigenvalue weighted by molar-refractivity contribution is -0.116. The summed E-state index contributed by atoms with van der Waals surface area (Å²) in [5.41, 5.74) is 0.481. The number of halogens is 1. The molecule has 0 atom stereocenters. The maximum absolute atomic E-state index is 11.9. The zero-order chi connectivity index (χ0) is 17.4. The van der Waals surface area contributed by atoms with E-state index in [1.54, 1.807) is 24.3 Å². The van der Waals surface area contributed by atoms with Gasteiger partial charge in [0, 0.05) is 14.0 Å². The second kappa shape index (κ2) is 8.99. The molecule has 0 bridgehead atoms. The number of nitrogens with one attached hydrogen (secondary N) is 1. The number of nitrogens with zero attached hydrogens (tertiary/aromatic N) is 2. The van der Waals surface area contributed by atoms with Gasteiger partial charge < -0.3 is 9.64 Å². The fourth-order valence-corrected chi connectivity index (χ4v) is 1.94. The molecule has 126 valence electrons. The summed E-state index contributed by atoms with van der Waals surface area (Å²) < 4.78 is 4.77. The number of carbonyl (C=O) groups excluding carboxylic acids is 3. The van der Waals surface area contributed by atoms with Gasteiger partial charge in [-0.15, -0.1) is 0 Å². The van der Waals surface area contributed by atoms with Gasteiger partial charge in [-0.1, -0.05) is 30.7 Å². The number of anilines is 1. The van der Waals surface area contributed by atoms with Crippen LogP contribution in [0.5, 0.6) is 0 Å². The van der Waals surface area contributed by atoms with Gasteiger partial charge in [0.25, 0.3) is 0 Å². The first-order chi connectivity index (χ1) is 10.9. The first-order valence-electron chi connectivity index (χ1n) is 7.08. The average molecular weight is 342 g/mol. The standard InChI is InChI=1S/C15H20ClN3O4/c1-4-9-23-15(22)17-14(21)18(3)10-19(11(2)20)13-8-6-5-7-12(13)16/h5-8H,4,9-10H2,1-3H3,(H,17,21,22). The van der Waals surface area contributed by atoms with Crippen LogP contribution < -0.4 is 10.2 Å². The predicted octanol–water partition coefficient (Wildman–Crippen LogP) is 2.84. The molecule has 8 heteroatoms. The van der Waals surface area contributed by atoms with Gasteiger partial charge in [-0.3, -0.25) is 9.69 Å². The lowest BCUT2D eigenvalue weighted by Gasteiger charge is -2.27. The zero-order valence-corrected chi connectivity index (χ0v) is 14.1. The van der Waals surface area contributed by atoms with Gasteiger partial charge in [-0.25, -0.2) is 14.9 Å². The van der Waals surface area contributed by atoms with E-state index in [0.717, 1.165) is 0 Å². The molecule has 7 nitrogen and oxygen atoms in total. The van der Waals surface area contributed by atoms with Crippen molar-refractivity contribution < 1.29 is 19.1 Å². The van der Waals surface area contributed by atoms with Crippen molar-refractivity contribution in [1.29, 1.82) is 0 Å². The van der Waals surface area contributed by atoms with Gasteiger partial charge in [-0.05, 0) is 18.6 Å². The summed E-state index contributed by atoms with van der Waals surface area (Å²) in [6.07, 6.45) is -0.168. The van der Waals surface area contributed by atoms with Crippen LogP contribution in [0.2, 0.25) is 5.02 Å². The van der Waals surface area contributed by atoms with E-state index in [2.05, 4.69) is 5.32 Å². The molecule has 0 radical (unpaired) electrons. The lowest BCUT2D eigenvalue weighted by Crippen LogP contribution is -2.47. The second-order valence-corrected chi connectivity index (χ2v) is 5.21. The minimum Gasteiger partial charge on any atom is -0.449 e. The number of para-hydroxylation sites is 1. The summed E-state index contributed by atoms with van der Waals surface area (Å²) in [5.74, 6) is -0.286. The van der Waals surface area contributed by atoms with Crippen molar-refractivity contribution in [3.05, 3.63) is 29.3 Å². The fraction of sp³-hybridized carbons (Fsp3) is 0.400. The SMILES string of the molecule is CCCOC(=O)NC(=O)N(C)CN(C(C)=O)c1ccccc1Cl. The zero-order valence-electron chi connectivity index (χ0n) is 13.3. The normalized spacial score (nSPS) is 9.91. The van der Waals surface area contributed by atoms with Crippen molar-refractivity contribution >= 4 is 35.3 Å². The molecular weight excluding hydrogens is 322 g/mol. The van der Waals surface area contributed by atoms with E-state index in [1.165, 1.54) is 23.8 Å². The number of carbonyl (C=O) groups is 3. The number of rotatable bonds is 5. The summed E-state index contributed by atoms with van der Waals surface area (Å²) in [7, 11) is 1.45. The molecule has 0 aliphatic carbocycles. The van der Waals surface area contributed by atoms with Crippen LogP contribution in [0.1, 0.15) is 20.3 Å². The Labute approximate surface area is 140 Å². The summed E-state index contributed by atoms with van der Waals surface area (Å²) in [6, 6.07) is 6.12. The van der Waals surface area contributed by atoms with Crippen LogP contribution in [-0.2, 0) is 9.53 Å². The molecule has 1 N–H and O–H groups in total. The maximum atomic E-state index is 11.9. The van der Waals surface area contributed by atoms with E-state index in [-0.39, 0.29) is 19.2 Å². The summed E-state index contributed by atoms with van der Waals surface area (Å²) in [4.78, 5) is 37.7.